The lowest BCUT2D eigenvalue weighted by Gasteiger charge is -2.05. The number of rotatable bonds is 4. The monoisotopic (exact) mass is 293 g/mol. The van der Waals surface area contributed by atoms with Gasteiger partial charge in [-0.05, 0) is 48.5 Å². The summed E-state index contributed by atoms with van der Waals surface area (Å²) in [4.78, 5) is 13.0. The molecule has 1 aromatic heterocycles. The molecule has 0 fully saturated rings. The van der Waals surface area contributed by atoms with E-state index in [4.69, 9.17) is 9.47 Å². The van der Waals surface area contributed by atoms with Crippen molar-refractivity contribution in [3.63, 3.8) is 0 Å². The van der Waals surface area contributed by atoms with Crippen LogP contribution >= 0.6 is 0 Å². The van der Waals surface area contributed by atoms with E-state index in [1.54, 1.807) is 14.2 Å². The first kappa shape index (κ1) is 14.0. The van der Waals surface area contributed by atoms with Gasteiger partial charge in [-0.2, -0.15) is 0 Å². The summed E-state index contributed by atoms with van der Waals surface area (Å²) in [5.74, 6) is 2.85. The Balaban J connectivity index is 1.93. The fourth-order valence-electron chi connectivity index (χ4n) is 2.05. The Hall–Kier alpha value is -2.95. The van der Waals surface area contributed by atoms with Crippen molar-refractivity contribution in [3.05, 3.63) is 54.9 Å². The second-order valence-corrected chi connectivity index (χ2v) is 4.59. The maximum atomic E-state index is 5.15. The van der Waals surface area contributed by atoms with Crippen LogP contribution in [0.5, 0.6) is 11.5 Å². The van der Waals surface area contributed by atoms with Gasteiger partial charge in [0, 0.05) is 11.1 Å². The number of hydrogen-bond donors (Lipinski definition) is 0. The largest absolute Gasteiger partial charge is 0.497 e. The highest BCUT2D eigenvalue weighted by Crippen LogP contribution is 2.22. The van der Waals surface area contributed by atoms with Crippen LogP contribution in [-0.4, -0.2) is 29.2 Å². The first-order valence-corrected chi connectivity index (χ1v) is 6.78. The van der Waals surface area contributed by atoms with E-state index >= 15 is 0 Å². The topological polar surface area (TPSA) is 57.1 Å². The number of ether oxygens (including phenoxy) is 2. The Morgan fingerprint density at radius 3 is 1.41 bits per heavy atom. The molecule has 5 heteroatoms. The molecule has 0 aliphatic carbocycles. The van der Waals surface area contributed by atoms with Crippen LogP contribution in [0.15, 0.2) is 54.9 Å². The standard InChI is InChI=1S/C17H15N3O2/c1-21-14-7-3-12(4-8-14)16-18-11-19-17(20-16)13-5-9-15(22-2)10-6-13/h3-11H,1-2H3. The number of nitrogens with zero attached hydrogens (tertiary/aromatic N) is 3. The SMILES string of the molecule is COc1ccc(-c2ncnc(-c3ccc(OC)cc3)n2)cc1. The zero-order valence-electron chi connectivity index (χ0n) is 12.4. The molecule has 0 bridgehead atoms. The highest BCUT2D eigenvalue weighted by atomic mass is 16.5. The Kier molecular flexibility index (Phi) is 3.96. The molecule has 5 nitrogen and oxygen atoms in total. The Bertz CT molecular complexity index is 693. The normalized spacial score (nSPS) is 10.3. The van der Waals surface area contributed by atoms with Crippen molar-refractivity contribution in [2.24, 2.45) is 0 Å². The van der Waals surface area contributed by atoms with E-state index in [1.165, 1.54) is 6.33 Å². The van der Waals surface area contributed by atoms with Gasteiger partial charge in [-0.15, -0.1) is 0 Å². The first-order valence-electron chi connectivity index (χ1n) is 6.78. The predicted octanol–water partition coefficient (Wildman–Crippen LogP) is 3.22. The third-order valence-electron chi connectivity index (χ3n) is 3.27. The molecule has 0 spiro atoms. The number of hydrogen-bond acceptors (Lipinski definition) is 5. The lowest BCUT2D eigenvalue weighted by atomic mass is 10.2. The Morgan fingerprint density at radius 2 is 1.05 bits per heavy atom. The molecule has 0 saturated heterocycles. The molecular weight excluding hydrogens is 278 g/mol. The first-order chi connectivity index (χ1) is 10.8. The predicted molar refractivity (Wildman–Crippen MR) is 83.8 cm³/mol. The van der Waals surface area contributed by atoms with Gasteiger partial charge in [-0.1, -0.05) is 0 Å². The van der Waals surface area contributed by atoms with Crippen LogP contribution in [0, 0.1) is 0 Å². The quantitative estimate of drug-likeness (QED) is 0.739. The zero-order chi connectivity index (χ0) is 15.4. The van der Waals surface area contributed by atoms with Gasteiger partial charge in [0.2, 0.25) is 0 Å². The molecule has 110 valence electrons. The molecule has 0 aliphatic heterocycles. The Morgan fingerprint density at radius 1 is 0.636 bits per heavy atom. The summed E-state index contributed by atoms with van der Waals surface area (Å²) in [5.41, 5.74) is 1.83. The fourth-order valence-corrected chi connectivity index (χ4v) is 2.05. The van der Waals surface area contributed by atoms with E-state index in [-0.39, 0.29) is 0 Å². The molecule has 0 saturated carbocycles. The number of methoxy groups -OCH3 is 2. The van der Waals surface area contributed by atoms with E-state index in [9.17, 15) is 0 Å². The summed E-state index contributed by atoms with van der Waals surface area (Å²) in [7, 11) is 3.28. The van der Waals surface area contributed by atoms with E-state index in [1.807, 2.05) is 48.5 Å². The highest BCUT2D eigenvalue weighted by molar-refractivity contribution is 5.61. The summed E-state index contributed by atoms with van der Waals surface area (Å²) >= 11 is 0. The van der Waals surface area contributed by atoms with Crippen LogP contribution in [0.2, 0.25) is 0 Å². The van der Waals surface area contributed by atoms with Crippen molar-refractivity contribution in [2.45, 2.75) is 0 Å². The molecule has 0 unspecified atom stereocenters. The average molecular weight is 293 g/mol. The second-order valence-electron chi connectivity index (χ2n) is 4.59. The smallest absolute Gasteiger partial charge is 0.163 e. The van der Waals surface area contributed by atoms with Gasteiger partial charge in [0.1, 0.15) is 17.8 Å². The molecular formula is C17H15N3O2. The van der Waals surface area contributed by atoms with Crippen molar-refractivity contribution in [1.29, 1.82) is 0 Å². The number of benzene rings is 2. The van der Waals surface area contributed by atoms with Crippen LogP contribution < -0.4 is 9.47 Å². The molecule has 22 heavy (non-hydrogen) atoms. The van der Waals surface area contributed by atoms with Crippen LogP contribution in [0.1, 0.15) is 0 Å². The van der Waals surface area contributed by atoms with Gasteiger partial charge in [-0.25, -0.2) is 15.0 Å². The zero-order valence-corrected chi connectivity index (χ0v) is 12.4. The molecule has 2 aromatic carbocycles. The van der Waals surface area contributed by atoms with E-state index in [0.717, 1.165) is 22.6 Å². The molecule has 1 heterocycles. The summed E-state index contributed by atoms with van der Waals surface area (Å²) < 4.78 is 10.3. The van der Waals surface area contributed by atoms with Crippen molar-refractivity contribution in [2.75, 3.05) is 14.2 Å². The van der Waals surface area contributed by atoms with Crippen LogP contribution in [0.4, 0.5) is 0 Å². The minimum atomic E-state index is 0.628. The molecule has 0 atom stereocenters. The van der Waals surface area contributed by atoms with Crippen LogP contribution in [-0.2, 0) is 0 Å². The summed E-state index contributed by atoms with van der Waals surface area (Å²) in [6.45, 7) is 0. The summed E-state index contributed by atoms with van der Waals surface area (Å²) in [6, 6.07) is 15.2. The average Bonchev–Trinajstić information content (AvgIpc) is 2.62. The molecule has 0 aliphatic rings. The lowest BCUT2D eigenvalue weighted by Crippen LogP contribution is -1.95. The summed E-state index contributed by atoms with van der Waals surface area (Å²) in [5, 5.41) is 0. The molecule has 0 radical (unpaired) electrons. The third-order valence-corrected chi connectivity index (χ3v) is 3.27. The van der Waals surface area contributed by atoms with E-state index < -0.39 is 0 Å². The second kappa shape index (κ2) is 6.22. The maximum Gasteiger partial charge on any atom is 0.163 e. The fraction of sp³-hybridized carbons (Fsp3) is 0.118. The third kappa shape index (κ3) is 2.88. The molecule has 0 N–H and O–H groups in total. The lowest BCUT2D eigenvalue weighted by molar-refractivity contribution is 0.415. The van der Waals surface area contributed by atoms with E-state index in [2.05, 4.69) is 15.0 Å². The molecule has 3 rings (SSSR count). The van der Waals surface area contributed by atoms with Gasteiger partial charge >= 0.3 is 0 Å². The summed E-state index contributed by atoms with van der Waals surface area (Å²) in [6.07, 6.45) is 1.52. The highest BCUT2D eigenvalue weighted by Gasteiger charge is 2.06. The number of aromatic nitrogens is 3. The van der Waals surface area contributed by atoms with Gasteiger partial charge in [-0.3, -0.25) is 0 Å². The van der Waals surface area contributed by atoms with Gasteiger partial charge in [0.15, 0.2) is 11.6 Å². The van der Waals surface area contributed by atoms with Crippen molar-refractivity contribution in [3.8, 4) is 34.3 Å². The van der Waals surface area contributed by atoms with Crippen LogP contribution in [0.3, 0.4) is 0 Å². The van der Waals surface area contributed by atoms with Crippen molar-refractivity contribution < 1.29 is 9.47 Å². The molecule has 3 aromatic rings. The van der Waals surface area contributed by atoms with Gasteiger partial charge < -0.3 is 9.47 Å². The van der Waals surface area contributed by atoms with Gasteiger partial charge in [0.05, 0.1) is 14.2 Å². The van der Waals surface area contributed by atoms with E-state index in [0.29, 0.717) is 11.6 Å². The van der Waals surface area contributed by atoms with Crippen LogP contribution in [0.25, 0.3) is 22.8 Å². The minimum Gasteiger partial charge on any atom is -0.497 e. The van der Waals surface area contributed by atoms with Crippen molar-refractivity contribution in [1.82, 2.24) is 15.0 Å². The van der Waals surface area contributed by atoms with Gasteiger partial charge in [0.25, 0.3) is 0 Å². The molecule has 0 amide bonds. The van der Waals surface area contributed by atoms with Crippen molar-refractivity contribution >= 4 is 0 Å². The minimum absolute atomic E-state index is 0.628. The Labute approximate surface area is 128 Å². The maximum absolute atomic E-state index is 5.15.